The van der Waals surface area contributed by atoms with E-state index in [4.69, 9.17) is 22.0 Å². The first-order chi connectivity index (χ1) is 8.65. The Hall–Kier alpha value is -1.97. The van der Waals surface area contributed by atoms with Gasteiger partial charge in [-0.1, -0.05) is 11.6 Å². The molecule has 18 heavy (non-hydrogen) atoms. The van der Waals surface area contributed by atoms with Crippen LogP contribution in [-0.2, 0) is 0 Å². The van der Waals surface area contributed by atoms with Crippen LogP contribution in [0.1, 0.15) is 10.5 Å². The number of nitriles is 1. The molecule has 5 nitrogen and oxygen atoms in total. The minimum atomic E-state index is -1.11. The molecular formula is C11H6ClN3O2S. The first-order valence-electron chi connectivity index (χ1n) is 4.77. The van der Waals surface area contributed by atoms with Gasteiger partial charge in [0, 0.05) is 18.0 Å². The van der Waals surface area contributed by atoms with Crippen molar-refractivity contribution in [1.82, 2.24) is 9.55 Å². The average Bonchev–Trinajstić information content (AvgIpc) is 2.74. The van der Waals surface area contributed by atoms with E-state index in [2.05, 4.69) is 4.98 Å². The van der Waals surface area contributed by atoms with Crippen LogP contribution in [0.3, 0.4) is 0 Å². The van der Waals surface area contributed by atoms with Crippen LogP contribution in [0.5, 0.6) is 0 Å². The number of carboxylic acids is 1. The second-order valence-corrected chi connectivity index (χ2v) is 4.41. The van der Waals surface area contributed by atoms with Crippen molar-refractivity contribution >= 4 is 29.3 Å². The molecule has 0 saturated carbocycles. The molecule has 90 valence electrons. The van der Waals surface area contributed by atoms with Crippen molar-refractivity contribution in [3.8, 4) is 11.2 Å². The van der Waals surface area contributed by atoms with Gasteiger partial charge in [0.15, 0.2) is 5.82 Å². The second-order valence-electron chi connectivity index (χ2n) is 3.20. The lowest BCUT2D eigenvalue weighted by Crippen LogP contribution is -2.09. The second kappa shape index (κ2) is 5.12. The largest absolute Gasteiger partial charge is 0.477 e. The molecule has 2 aromatic rings. The SMILES string of the molecule is N#CSc1ccc(C(=O)O)n1-c1ncccc1Cl. The third-order valence-electron chi connectivity index (χ3n) is 2.17. The highest BCUT2D eigenvalue weighted by Crippen LogP contribution is 2.27. The highest BCUT2D eigenvalue weighted by Gasteiger charge is 2.18. The summed E-state index contributed by atoms with van der Waals surface area (Å²) in [5.41, 5.74) is 0.00773. The number of rotatable bonds is 3. The Morgan fingerprint density at radius 3 is 2.89 bits per heavy atom. The zero-order valence-corrected chi connectivity index (χ0v) is 10.4. The van der Waals surface area contributed by atoms with Gasteiger partial charge in [-0.05, 0) is 24.3 Å². The standard InChI is InChI=1S/C11H6ClN3O2S/c12-7-2-1-5-14-10(7)15-8(11(16)17)3-4-9(15)18-6-13/h1-5H,(H,16,17). The summed E-state index contributed by atoms with van der Waals surface area (Å²) in [5.74, 6) is -0.819. The average molecular weight is 280 g/mol. The zero-order chi connectivity index (χ0) is 13.1. The fraction of sp³-hybridized carbons (Fsp3) is 0. The van der Waals surface area contributed by atoms with Gasteiger partial charge in [-0.15, -0.1) is 0 Å². The van der Waals surface area contributed by atoms with Crippen molar-refractivity contribution in [3.05, 3.63) is 41.2 Å². The topological polar surface area (TPSA) is 78.9 Å². The maximum absolute atomic E-state index is 11.1. The third-order valence-corrected chi connectivity index (χ3v) is 3.08. The van der Waals surface area contributed by atoms with Crippen LogP contribution in [-0.4, -0.2) is 20.6 Å². The van der Waals surface area contributed by atoms with Crippen LogP contribution < -0.4 is 0 Å². The monoisotopic (exact) mass is 279 g/mol. The van der Waals surface area contributed by atoms with Gasteiger partial charge >= 0.3 is 5.97 Å². The molecule has 0 bridgehead atoms. The van der Waals surface area contributed by atoms with Crippen LogP contribution in [0.15, 0.2) is 35.5 Å². The lowest BCUT2D eigenvalue weighted by Gasteiger charge is -2.09. The molecule has 0 aromatic carbocycles. The summed E-state index contributed by atoms with van der Waals surface area (Å²) in [6, 6.07) is 6.21. The molecule has 2 rings (SSSR count). The minimum Gasteiger partial charge on any atom is -0.477 e. The Kier molecular flexibility index (Phi) is 3.55. The quantitative estimate of drug-likeness (QED) is 0.690. The number of thiocyanates is 1. The number of thioether (sulfide) groups is 1. The maximum atomic E-state index is 11.1. The van der Waals surface area contributed by atoms with E-state index in [1.165, 1.54) is 16.8 Å². The Labute approximate surface area is 112 Å². The molecule has 0 fully saturated rings. The molecule has 2 heterocycles. The third kappa shape index (κ3) is 2.18. The molecule has 0 aliphatic rings. The van der Waals surface area contributed by atoms with Crippen LogP contribution in [0.25, 0.3) is 5.82 Å². The molecule has 1 N–H and O–H groups in total. The highest BCUT2D eigenvalue weighted by atomic mass is 35.5. The molecule has 0 spiro atoms. The number of hydrogen-bond acceptors (Lipinski definition) is 4. The van der Waals surface area contributed by atoms with Crippen LogP contribution in [0.4, 0.5) is 0 Å². The number of pyridine rings is 1. The zero-order valence-electron chi connectivity index (χ0n) is 8.87. The van der Waals surface area contributed by atoms with Gasteiger partial charge in [0.05, 0.1) is 10.0 Å². The van der Waals surface area contributed by atoms with Gasteiger partial charge in [0.1, 0.15) is 11.1 Å². The van der Waals surface area contributed by atoms with Crippen molar-refractivity contribution in [2.24, 2.45) is 0 Å². The van der Waals surface area contributed by atoms with Crippen LogP contribution in [0, 0.1) is 10.7 Å². The smallest absolute Gasteiger partial charge is 0.352 e. The molecule has 0 radical (unpaired) electrons. The number of aromatic nitrogens is 2. The van der Waals surface area contributed by atoms with E-state index in [0.29, 0.717) is 15.9 Å². The summed E-state index contributed by atoms with van der Waals surface area (Å²) in [7, 11) is 0. The van der Waals surface area contributed by atoms with Gasteiger partial charge in [-0.25, -0.2) is 9.78 Å². The Balaban J connectivity index is 2.68. The summed E-state index contributed by atoms with van der Waals surface area (Å²) in [5, 5.41) is 20.5. The molecule has 0 aliphatic carbocycles. The van der Waals surface area contributed by atoms with E-state index in [-0.39, 0.29) is 5.69 Å². The van der Waals surface area contributed by atoms with Crippen molar-refractivity contribution in [3.63, 3.8) is 0 Å². The van der Waals surface area contributed by atoms with Gasteiger partial charge in [0.2, 0.25) is 0 Å². The van der Waals surface area contributed by atoms with Crippen LogP contribution in [0.2, 0.25) is 5.02 Å². The van der Waals surface area contributed by atoms with Gasteiger partial charge < -0.3 is 5.11 Å². The maximum Gasteiger partial charge on any atom is 0.352 e. The summed E-state index contributed by atoms with van der Waals surface area (Å²) in [6.45, 7) is 0. The fourth-order valence-electron chi connectivity index (χ4n) is 1.47. The molecule has 0 atom stereocenters. The molecule has 0 unspecified atom stereocenters. The summed E-state index contributed by atoms with van der Waals surface area (Å²) >= 11 is 6.85. The van der Waals surface area contributed by atoms with Crippen molar-refractivity contribution in [2.45, 2.75) is 5.03 Å². The predicted molar refractivity (Wildman–Crippen MR) is 67.0 cm³/mol. The Bertz CT molecular complexity index is 648. The van der Waals surface area contributed by atoms with E-state index in [0.717, 1.165) is 11.8 Å². The normalized spacial score (nSPS) is 10.0. The number of carboxylic acid groups (broad SMARTS) is 1. The van der Waals surface area contributed by atoms with Gasteiger partial charge in [-0.3, -0.25) is 4.57 Å². The minimum absolute atomic E-state index is 0.00773. The molecule has 2 aromatic heterocycles. The van der Waals surface area contributed by atoms with Gasteiger partial charge in [0.25, 0.3) is 0 Å². The predicted octanol–water partition coefficient (Wildman–Crippen LogP) is 2.80. The van der Waals surface area contributed by atoms with E-state index >= 15 is 0 Å². The molecule has 7 heteroatoms. The van der Waals surface area contributed by atoms with E-state index < -0.39 is 5.97 Å². The summed E-state index contributed by atoms with van der Waals surface area (Å²) < 4.78 is 1.35. The number of carbonyl (C=O) groups is 1. The first-order valence-corrected chi connectivity index (χ1v) is 5.96. The Morgan fingerprint density at radius 1 is 1.50 bits per heavy atom. The first kappa shape index (κ1) is 12.5. The van der Waals surface area contributed by atoms with Crippen LogP contribution >= 0.6 is 23.4 Å². The lowest BCUT2D eigenvalue weighted by atomic mass is 10.4. The summed E-state index contributed by atoms with van der Waals surface area (Å²) in [4.78, 5) is 15.2. The molecular weight excluding hydrogens is 274 g/mol. The van der Waals surface area contributed by atoms with Crippen molar-refractivity contribution in [2.75, 3.05) is 0 Å². The van der Waals surface area contributed by atoms with Gasteiger partial charge in [-0.2, -0.15) is 5.26 Å². The van der Waals surface area contributed by atoms with E-state index in [1.54, 1.807) is 18.2 Å². The fourth-order valence-corrected chi connectivity index (χ4v) is 2.18. The number of halogens is 1. The molecule has 0 amide bonds. The van der Waals surface area contributed by atoms with Crippen molar-refractivity contribution < 1.29 is 9.90 Å². The number of aromatic carboxylic acids is 1. The lowest BCUT2D eigenvalue weighted by molar-refractivity contribution is 0.0687. The Morgan fingerprint density at radius 2 is 2.28 bits per heavy atom. The number of hydrogen-bond donors (Lipinski definition) is 1. The van der Waals surface area contributed by atoms with Crippen molar-refractivity contribution in [1.29, 1.82) is 5.26 Å². The number of nitrogens with zero attached hydrogens (tertiary/aromatic N) is 3. The molecule has 0 saturated heterocycles. The van der Waals surface area contributed by atoms with E-state index in [9.17, 15) is 4.79 Å². The summed E-state index contributed by atoms with van der Waals surface area (Å²) in [6.07, 6.45) is 1.51. The molecule has 0 aliphatic heterocycles. The highest BCUT2D eigenvalue weighted by molar-refractivity contribution is 8.03. The van der Waals surface area contributed by atoms with E-state index in [1.807, 2.05) is 5.40 Å².